The van der Waals surface area contributed by atoms with E-state index in [2.05, 4.69) is 15.2 Å². The van der Waals surface area contributed by atoms with Gasteiger partial charge in [-0.15, -0.1) is 0 Å². The maximum Gasteiger partial charge on any atom is 0.254 e. The summed E-state index contributed by atoms with van der Waals surface area (Å²) in [5.41, 5.74) is 2.97. The van der Waals surface area contributed by atoms with Gasteiger partial charge in [0.2, 0.25) is 0 Å². The Hall–Kier alpha value is -1.95. The normalized spacial score (nSPS) is 27.2. The number of hydrogen-bond acceptors (Lipinski definition) is 4. The molecule has 6 heteroatoms. The van der Waals surface area contributed by atoms with Gasteiger partial charge in [0.15, 0.2) is 5.65 Å². The van der Waals surface area contributed by atoms with Crippen LogP contribution in [0.4, 0.5) is 0 Å². The molecule has 0 aromatic carbocycles. The Balaban J connectivity index is 1.69. The number of amides is 1. The molecule has 2 aromatic heterocycles. The fraction of sp³-hybridized carbons (Fsp3) is 0.632. The Morgan fingerprint density at radius 3 is 2.84 bits per heavy atom. The summed E-state index contributed by atoms with van der Waals surface area (Å²) < 4.78 is 0. The number of hydrogen-bond donors (Lipinski definition) is 2. The molecule has 2 aliphatic rings. The van der Waals surface area contributed by atoms with E-state index in [1.807, 2.05) is 24.8 Å². The number of carbonyl (C=O) groups excluding carboxylic acids is 1. The highest BCUT2D eigenvalue weighted by molar-refractivity contribution is 6.06. The number of aryl methyl sites for hydroxylation is 2. The van der Waals surface area contributed by atoms with Gasteiger partial charge in [-0.25, -0.2) is 4.98 Å². The van der Waals surface area contributed by atoms with Crippen molar-refractivity contribution in [1.29, 1.82) is 0 Å². The molecule has 3 heterocycles. The maximum atomic E-state index is 13.4. The van der Waals surface area contributed by atoms with Crippen LogP contribution >= 0.6 is 0 Å². The smallest absolute Gasteiger partial charge is 0.254 e. The molecule has 0 unspecified atom stereocenters. The Kier molecular flexibility index (Phi) is 4.23. The summed E-state index contributed by atoms with van der Waals surface area (Å²) in [6, 6.07) is 2.03. The number of aliphatic hydroxyl groups is 1. The Bertz CT molecular complexity index is 800. The molecule has 1 saturated heterocycles. The van der Waals surface area contributed by atoms with Crippen LogP contribution in [0.1, 0.15) is 60.3 Å². The van der Waals surface area contributed by atoms with E-state index in [4.69, 9.17) is 0 Å². The van der Waals surface area contributed by atoms with Crippen LogP contribution in [-0.4, -0.2) is 49.8 Å². The van der Waals surface area contributed by atoms with E-state index in [0.29, 0.717) is 11.2 Å². The zero-order chi connectivity index (χ0) is 17.6. The molecule has 0 bridgehead atoms. The minimum absolute atomic E-state index is 0.0558. The average Bonchev–Trinajstić information content (AvgIpc) is 3.21. The fourth-order valence-electron chi connectivity index (χ4n) is 4.70. The largest absolute Gasteiger partial charge is 0.393 e. The fourth-order valence-corrected chi connectivity index (χ4v) is 4.70. The third kappa shape index (κ3) is 2.82. The van der Waals surface area contributed by atoms with Gasteiger partial charge in [0.25, 0.3) is 5.91 Å². The summed E-state index contributed by atoms with van der Waals surface area (Å²) >= 11 is 0. The highest BCUT2D eigenvalue weighted by atomic mass is 16.3. The van der Waals surface area contributed by atoms with Crippen LogP contribution in [0, 0.1) is 19.8 Å². The Morgan fingerprint density at radius 1 is 1.24 bits per heavy atom. The lowest BCUT2D eigenvalue weighted by Crippen LogP contribution is -2.45. The molecule has 2 fully saturated rings. The number of H-pyrrole nitrogens is 1. The van der Waals surface area contributed by atoms with Crippen LogP contribution in [0.5, 0.6) is 0 Å². The highest BCUT2D eigenvalue weighted by Gasteiger charge is 2.39. The number of rotatable bonds is 2. The first-order valence-electron chi connectivity index (χ1n) is 9.37. The summed E-state index contributed by atoms with van der Waals surface area (Å²) in [6.45, 7) is 4.59. The van der Waals surface area contributed by atoms with Crippen molar-refractivity contribution in [3.63, 3.8) is 0 Å². The lowest BCUT2D eigenvalue weighted by Gasteiger charge is -2.37. The van der Waals surface area contributed by atoms with E-state index >= 15 is 0 Å². The summed E-state index contributed by atoms with van der Waals surface area (Å²) in [6.07, 6.45) is 5.86. The first-order chi connectivity index (χ1) is 12.1. The molecule has 0 radical (unpaired) electrons. The minimum Gasteiger partial charge on any atom is -0.393 e. The number of carbonyl (C=O) groups is 1. The van der Waals surface area contributed by atoms with Gasteiger partial charge in [0.1, 0.15) is 0 Å². The molecule has 1 aliphatic carbocycles. The zero-order valence-corrected chi connectivity index (χ0v) is 15.0. The minimum atomic E-state index is -0.276. The topological polar surface area (TPSA) is 82.1 Å². The van der Waals surface area contributed by atoms with Crippen molar-refractivity contribution in [2.45, 2.75) is 64.5 Å². The van der Waals surface area contributed by atoms with Crippen molar-refractivity contribution in [1.82, 2.24) is 20.1 Å². The van der Waals surface area contributed by atoms with Crippen LogP contribution in [0.25, 0.3) is 11.0 Å². The van der Waals surface area contributed by atoms with Gasteiger partial charge in [-0.3, -0.25) is 9.89 Å². The number of nitrogens with one attached hydrogen (secondary N) is 1. The first-order valence-corrected chi connectivity index (χ1v) is 9.37. The molecule has 1 aliphatic heterocycles. The van der Waals surface area contributed by atoms with E-state index in [0.717, 1.165) is 61.8 Å². The number of pyridine rings is 1. The second-order valence-electron chi connectivity index (χ2n) is 7.58. The van der Waals surface area contributed by atoms with Crippen molar-refractivity contribution >= 4 is 16.9 Å². The summed E-state index contributed by atoms with van der Waals surface area (Å²) in [4.78, 5) is 19.8. The van der Waals surface area contributed by atoms with Crippen molar-refractivity contribution in [2.24, 2.45) is 5.92 Å². The number of aromatic amines is 1. The molecule has 1 amide bonds. The number of nitrogens with zero attached hydrogens (tertiary/aromatic N) is 3. The van der Waals surface area contributed by atoms with E-state index < -0.39 is 0 Å². The van der Waals surface area contributed by atoms with Gasteiger partial charge in [-0.2, -0.15) is 5.10 Å². The third-order valence-electron chi connectivity index (χ3n) is 5.90. The van der Waals surface area contributed by atoms with Crippen molar-refractivity contribution in [3.8, 4) is 0 Å². The Labute approximate surface area is 147 Å². The molecular weight excluding hydrogens is 316 g/mol. The summed E-state index contributed by atoms with van der Waals surface area (Å²) in [5, 5.41) is 18.5. The number of aliphatic hydroxyl groups excluding tert-OH is 1. The van der Waals surface area contributed by atoms with Gasteiger partial charge in [-0.1, -0.05) is 12.8 Å². The van der Waals surface area contributed by atoms with Crippen molar-refractivity contribution in [2.75, 3.05) is 6.54 Å². The molecule has 4 rings (SSSR count). The molecule has 0 spiro atoms. The second kappa shape index (κ2) is 6.41. The summed E-state index contributed by atoms with van der Waals surface area (Å²) in [5.74, 6) is 0.268. The van der Waals surface area contributed by atoms with Crippen molar-refractivity contribution < 1.29 is 9.90 Å². The van der Waals surface area contributed by atoms with Gasteiger partial charge in [0.05, 0.1) is 17.1 Å². The van der Waals surface area contributed by atoms with E-state index in [9.17, 15) is 9.90 Å². The summed E-state index contributed by atoms with van der Waals surface area (Å²) in [7, 11) is 0. The van der Waals surface area contributed by atoms with Crippen LogP contribution in [0.15, 0.2) is 6.07 Å². The number of likely N-dealkylation sites (tertiary alicyclic amines) is 1. The zero-order valence-electron chi connectivity index (χ0n) is 15.0. The quantitative estimate of drug-likeness (QED) is 0.879. The van der Waals surface area contributed by atoms with E-state index in [1.165, 1.54) is 0 Å². The van der Waals surface area contributed by atoms with Gasteiger partial charge >= 0.3 is 0 Å². The third-order valence-corrected chi connectivity index (χ3v) is 5.90. The Morgan fingerprint density at radius 2 is 2.04 bits per heavy atom. The molecule has 2 N–H and O–H groups in total. The molecular formula is C19H26N4O2. The molecule has 3 atom stereocenters. The van der Waals surface area contributed by atoms with E-state index in [1.54, 1.807) is 0 Å². The molecule has 25 heavy (non-hydrogen) atoms. The van der Waals surface area contributed by atoms with Crippen LogP contribution < -0.4 is 0 Å². The monoisotopic (exact) mass is 342 g/mol. The van der Waals surface area contributed by atoms with Gasteiger partial charge in [0, 0.05) is 29.9 Å². The molecule has 134 valence electrons. The SMILES string of the molecule is Cc1cc(C(=O)N2CCC[C@@H]2[C@@H]2CCCC[C@H]2O)c2c(C)[nH]nc2n1. The number of fused-ring (bicyclic) bond motifs is 1. The number of aromatic nitrogens is 3. The maximum absolute atomic E-state index is 13.4. The molecule has 6 nitrogen and oxygen atoms in total. The highest BCUT2D eigenvalue weighted by Crippen LogP contribution is 2.36. The predicted molar refractivity (Wildman–Crippen MR) is 95.4 cm³/mol. The second-order valence-corrected chi connectivity index (χ2v) is 7.58. The molecule has 1 saturated carbocycles. The standard InChI is InChI=1S/C19H26N4O2/c1-11-10-14(17-12(2)21-22-18(17)20-11)19(25)23-9-5-7-15(23)13-6-3-4-8-16(13)24/h10,13,15-16,24H,3-9H2,1-2H3,(H,20,21,22)/t13-,15+,16+/m0/s1. The predicted octanol–water partition coefficient (Wildman–Crippen LogP) is 2.73. The lowest BCUT2D eigenvalue weighted by molar-refractivity contribution is 0.0212. The van der Waals surface area contributed by atoms with E-state index in [-0.39, 0.29) is 24.0 Å². The van der Waals surface area contributed by atoms with Crippen LogP contribution in [-0.2, 0) is 0 Å². The van der Waals surface area contributed by atoms with Crippen LogP contribution in [0.3, 0.4) is 0 Å². The van der Waals surface area contributed by atoms with Crippen LogP contribution in [0.2, 0.25) is 0 Å². The first kappa shape index (κ1) is 16.5. The van der Waals surface area contributed by atoms with Crippen molar-refractivity contribution in [3.05, 3.63) is 23.0 Å². The average molecular weight is 342 g/mol. The molecule has 2 aromatic rings. The van der Waals surface area contributed by atoms with Gasteiger partial charge in [-0.05, 0) is 45.6 Å². The van der Waals surface area contributed by atoms with Gasteiger partial charge < -0.3 is 10.0 Å². The lowest BCUT2D eigenvalue weighted by atomic mass is 9.80.